The number of piperidine rings is 1. The van der Waals surface area contributed by atoms with Gasteiger partial charge in [-0.3, -0.25) is 9.59 Å². The summed E-state index contributed by atoms with van der Waals surface area (Å²) in [7, 11) is 0. The lowest BCUT2D eigenvalue weighted by Crippen LogP contribution is -2.60. The third-order valence-corrected chi connectivity index (χ3v) is 6.16. The van der Waals surface area contributed by atoms with Crippen molar-refractivity contribution in [1.82, 2.24) is 30.1 Å². The van der Waals surface area contributed by atoms with Gasteiger partial charge in [0.05, 0.1) is 6.54 Å². The maximum atomic E-state index is 13.2. The van der Waals surface area contributed by atoms with Gasteiger partial charge < -0.3 is 14.8 Å². The van der Waals surface area contributed by atoms with Gasteiger partial charge >= 0.3 is 0 Å². The van der Waals surface area contributed by atoms with Crippen molar-refractivity contribution in [2.24, 2.45) is 0 Å². The van der Waals surface area contributed by atoms with E-state index in [4.69, 9.17) is 4.63 Å². The molecule has 168 valence electrons. The Morgan fingerprint density at radius 2 is 2.00 bits per heavy atom. The topological polar surface area (TPSA) is 106 Å². The molecule has 32 heavy (non-hydrogen) atoms. The van der Waals surface area contributed by atoms with Gasteiger partial charge in [-0.05, 0) is 33.1 Å². The number of imidazole rings is 1. The number of nitrogens with one attached hydrogen (secondary N) is 1. The minimum atomic E-state index is -0.891. The molecule has 0 unspecified atom stereocenters. The lowest BCUT2D eigenvalue weighted by Gasteiger charge is -2.43. The first kappa shape index (κ1) is 21.7. The summed E-state index contributed by atoms with van der Waals surface area (Å²) >= 11 is 0. The van der Waals surface area contributed by atoms with Crippen LogP contribution in [0.15, 0.2) is 47.4 Å². The zero-order valence-corrected chi connectivity index (χ0v) is 18.5. The van der Waals surface area contributed by atoms with E-state index in [1.54, 1.807) is 18.0 Å². The molecule has 1 fully saturated rings. The van der Waals surface area contributed by atoms with Crippen LogP contribution >= 0.6 is 0 Å². The van der Waals surface area contributed by atoms with Crippen molar-refractivity contribution in [1.29, 1.82) is 0 Å². The van der Waals surface area contributed by atoms with Crippen LogP contribution in [0.4, 0.5) is 0 Å². The number of carbonyl (C=O) groups is 2. The Morgan fingerprint density at radius 1 is 1.19 bits per heavy atom. The van der Waals surface area contributed by atoms with Crippen LogP contribution in [-0.4, -0.2) is 48.7 Å². The summed E-state index contributed by atoms with van der Waals surface area (Å²) in [5.74, 6) is 0.615. The van der Waals surface area contributed by atoms with Gasteiger partial charge in [0.1, 0.15) is 22.8 Å². The van der Waals surface area contributed by atoms with E-state index in [9.17, 15) is 9.59 Å². The Balaban J connectivity index is 1.42. The minimum absolute atomic E-state index is 0.0330. The monoisotopic (exact) mass is 436 g/mol. The van der Waals surface area contributed by atoms with Crippen molar-refractivity contribution in [2.75, 3.05) is 6.54 Å². The van der Waals surface area contributed by atoms with E-state index >= 15 is 0 Å². The first-order chi connectivity index (χ1) is 15.5. The van der Waals surface area contributed by atoms with Crippen molar-refractivity contribution in [2.45, 2.75) is 58.2 Å². The first-order valence-corrected chi connectivity index (χ1v) is 10.9. The van der Waals surface area contributed by atoms with Crippen molar-refractivity contribution in [3.05, 3.63) is 54.1 Å². The molecular formula is C23H28N6O3. The molecular weight excluding hydrogens is 408 g/mol. The quantitative estimate of drug-likeness (QED) is 0.610. The molecule has 1 N–H and O–H groups in total. The number of hydrogen-bond donors (Lipinski definition) is 1. The number of likely N-dealkylation sites (tertiary alicyclic amines) is 1. The summed E-state index contributed by atoms with van der Waals surface area (Å²) in [6.45, 7) is 4.92. The van der Waals surface area contributed by atoms with Crippen LogP contribution in [0, 0.1) is 6.92 Å². The minimum Gasteiger partial charge on any atom is -0.348 e. The van der Waals surface area contributed by atoms with Crippen LogP contribution in [0.1, 0.15) is 44.0 Å². The fourth-order valence-corrected chi connectivity index (χ4v) is 4.21. The van der Waals surface area contributed by atoms with Crippen LogP contribution in [0.3, 0.4) is 0 Å². The van der Waals surface area contributed by atoms with Gasteiger partial charge in [-0.1, -0.05) is 40.6 Å². The maximum Gasteiger partial charge on any atom is 0.246 e. The van der Waals surface area contributed by atoms with Gasteiger partial charge in [0.15, 0.2) is 0 Å². The standard InChI is InChI=1S/C23H28N6O3/c1-17-19(27-32-26-17)16-25-22(31)23(2)11-6-7-13-29(23)20(30)10-14-28-15-12-24-21(28)18-8-4-3-5-9-18/h3-5,8-9,12,15H,6-7,10-11,13-14,16H2,1-2H3,(H,25,31)/t23-/m1/s1. The SMILES string of the molecule is Cc1nonc1CNC(=O)[C@@]1(C)CCCCN1C(=O)CCn1ccnc1-c1ccccc1. The smallest absolute Gasteiger partial charge is 0.246 e. The third-order valence-electron chi connectivity index (χ3n) is 6.16. The number of rotatable bonds is 7. The highest BCUT2D eigenvalue weighted by Gasteiger charge is 2.43. The molecule has 1 saturated heterocycles. The van der Waals surface area contributed by atoms with Gasteiger partial charge in [-0.15, -0.1) is 0 Å². The second-order valence-corrected chi connectivity index (χ2v) is 8.32. The van der Waals surface area contributed by atoms with Crippen molar-refractivity contribution >= 4 is 11.8 Å². The molecule has 1 aliphatic rings. The van der Waals surface area contributed by atoms with Gasteiger partial charge in [0, 0.05) is 37.5 Å². The molecule has 2 aromatic heterocycles. The average Bonchev–Trinajstić information content (AvgIpc) is 3.45. The third kappa shape index (κ3) is 4.42. The van der Waals surface area contributed by atoms with E-state index in [1.165, 1.54) is 0 Å². The molecule has 3 heterocycles. The molecule has 3 aromatic rings. The number of carbonyl (C=O) groups excluding carboxylic acids is 2. The fourth-order valence-electron chi connectivity index (χ4n) is 4.21. The number of aryl methyl sites for hydroxylation is 2. The van der Waals surface area contributed by atoms with Crippen LogP contribution < -0.4 is 5.32 Å². The van der Waals surface area contributed by atoms with E-state index in [1.807, 2.05) is 48.0 Å². The number of nitrogens with zero attached hydrogens (tertiary/aromatic N) is 5. The highest BCUT2D eigenvalue weighted by atomic mass is 16.6. The number of hydrogen-bond acceptors (Lipinski definition) is 6. The predicted octanol–water partition coefficient (Wildman–Crippen LogP) is 2.72. The Kier molecular flexibility index (Phi) is 6.34. The summed E-state index contributed by atoms with van der Waals surface area (Å²) in [4.78, 5) is 32.5. The van der Waals surface area contributed by atoms with Crippen LogP contribution in [-0.2, 0) is 22.7 Å². The second-order valence-electron chi connectivity index (χ2n) is 8.32. The van der Waals surface area contributed by atoms with Crippen molar-refractivity contribution < 1.29 is 14.2 Å². The fraction of sp³-hybridized carbons (Fsp3) is 0.435. The predicted molar refractivity (Wildman–Crippen MR) is 117 cm³/mol. The second kappa shape index (κ2) is 9.33. The molecule has 0 bridgehead atoms. The molecule has 1 aromatic carbocycles. The van der Waals surface area contributed by atoms with E-state index in [-0.39, 0.29) is 18.4 Å². The Labute approximate surface area is 186 Å². The highest BCUT2D eigenvalue weighted by molar-refractivity contribution is 5.91. The number of benzene rings is 1. The Bertz CT molecular complexity index is 1080. The summed E-state index contributed by atoms with van der Waals surface area (Å²) in [5.41, 5.74) is 1.34. The summed E-state index contributed by atoms with van der Waals surface area (Å²) < 4.78 is 6.67. The Morgan fingerprint density at radius 3 is 2.75 bits per heavy atom. The number of aromatic nitrogens is 4. The summed E-state index contributed by atoms with van der Waals surface area (Å²) in [6, 6.07) is 9.89. The molecule has 0 radical (unpaired) electrons. The number of amides is 2. The molecule has 1 atom stereocenters. The van der Waals surface area contributed by atoms with Gasteiger partial charge in [0.25, 0.3) is 0 Å². The van der Waals surface area contributed by atoms with Crippen molar-refractivity contribution in [3.8, 4) is 11.4 Å². The van der Waals surface area contributed by atoms with E-state index in [2.05, 4.69) is 20.6 Å². The lowest BCUT2D eigenvalue weighted by atomic mass is 9.87. The molecule has 9 nitrogen and oxygen atoms in total. The molecule has 2 amide bonds. The largest absolute Gasteiger partial charge is 0.348 e. The lowest BCUT2D eigenvalue weighted by molar-refractivity contribution is -0.150. The van der Waals surface area contributed by atoms with Crippen LogP contribution in [0.25, 0.3) is 11.4 Å². The van der Waals surface area contributed by atoms with Crippen LogP contribution in [0.2, 0.25) is 0 Å². The molecule has 4 rings (SSSR count). The van der Waals surface area contributed by atoms with Gasteiger partial charge in [-0.25, -0.2) is 9.61 Å². The molecule has 0 spiro atoms. The van der Waals surface area contributed by atoms with Crippen LogP contribution in [0.5, 0.6) is 0 Å². The molecule has 1 aliphatic heterocycles. The Hall–Kier alpha value is -3.49. The van der Waals surface area contributed by atoms with E-state index < -0.39 is 5.54 Å². The normalized spacial score (nSPS) is 18.5. The maximum absolute atomic E-state index is 13.2. The highest BCUT2D eigenvalue weighted by Crippen LogP contribution is 2.29. The van der Waals surface area contributed by atoms with E-state index in [0.29, 0.717) is 37.3 Å². The first-order valence-electron chi connectivity index (χ1n) is 10.9. The summed E-state index contributed by atoms with van der Waals surface area (Å²) in [5, 5.41) is 10.5. The molecule has 0 aliphatic carbocycles. The zero-order chi connectivity index (χ0) is 22.6. The van der Waals surface area contributed by atoms with Gasteiger partial charge in [-0.2, -0.15) is 0 Å². The summed E-state index contributed by atoms with van der Waals surface area (Å²) in [6.07, 6.45) is 6.34. The van der Waals surface area contributed by atoms with E-state index in [0.717, 1.165) is 24.2 Å². The zero-order valence-electron chi connectivity index (χ0n) is 18.5. The average molecular weight is 437 g/mol. The molecule has 9 heteroatoms. The van der Waals surface area contributed by atoms with Crippen molar-refractivity contribution in [3.63, 3.8) is 0 Å². The van der Waals surface area contributed by atoms with Gasteiger partial charge in [0.2, 0.25) is 11.8 Å². The molecule has 0 saturated carbocycles.